The molecule has 2 heterocycles. The van der Waals surface area contributed by atoms with Crippen LogP contribution in [0.15, 0.2) is 53.1 Å². The number of hydrogen-bond donors (Lipinski definition) is 0. The fourth-order valence-corrected chi connectivity index (χ4v) is 3.40. The van der Waals surface area contributed by atoms with Gasteiger partial charge in [-0.1, -0.05) is 23.4 Å². The Balaban J connectivity index is 1.25. The molecule has 0 atom stereocenters. The summed E-state index contributed by atoms with van der Waals surface area (Å²) in [6, 6.07) is 15.0. The Morgan fingerprint density at radius 3 is 2.52 bits per heavy atom. The second-order valence-corrected chi connectivity index (χ2v) is 7.23. The van der Waals surface area contributed by atoms with E-state index in [0.717, 1.165) is 17.1 Å². The Labute approximate surface area is 180 Å². The molecule has 8 heteroatoms. The van der Waals surface area contributed by atoms with Gasteiger partial charge in [-0.25, -0.2) is 0 Å². The van der Waals surface area contributed by atoms with E-state index < -0.39 is 0 Å². The summed E-state index contributed by atoms with van der Waals surface area (Å²) in [5.74, 6) is 3.33. The highest BCUT2D eigenvalue weighted by Crippen LogP contribution is 2.27. The maximum atomic E-state index is 12.4. The summed E-state index contributed by atoms with van der Waals surface area (Å²) in [5.41, 5.74) is 0.995. The van der Waals surface area contributed by atoms with Crippen molar-refractivity contribution >= 4 is 5.91 Å². The van der Waals surface area contributed by atoms with E-state index >= 15 is 0 Å². The Morgan fingerprint density at radius 1 is 1.10 bits per heavy atom. The van der Waals surface area contributed by atoms with E-state index in [4.69, 9.17) is 18.7 Å². The standard InChI is InChI=1S/C23H25N3O5/c1-3-29-18-8-10-19(11-9-18)30-15-22(27)26-13-17(14-26)23-24-21(25-31-23)12-16-6-4-5-7-20(16)28-2/h4-11,17H,3,12-15H2,1-2H3. The average Bonchev–Trinajstić information content (AvgIpc) is 3.20. The van der Waals surface area contributed by atoms with E-state index in [1.54, 1.807) is 24.1 Å². The number of carbonyl (C=O) groups is 1. The molecule has 0 unspecified atom stereocenters. The number of amides is 1. The van der Waals surface area contributed by atoms with Crippen molar-refractivity contribution in [1.82, 2.24) is 15.0 Å². The van der Waals surface area contributed by atoms with Crippen molar-refractivity contribution in [1.29, 1.82) is 0 Å². The quantitative estimate of drug-likeness (QED) is 0.523. The van der Waals surface area contributed by atoms with Gasteiger partial charge in [0, 0.05) is 25.1 Å². The number of methoxy groups -OCH3 is 1. The Bertz CT molecular complexity index is 1010. The molecular formula is C23H25N3O5. The molecule has 1 aliphatic rings. The highest BCUT2D eigenvalue weighted by molar-refractivity contribution is 5.78. The fraction of sp³-hybridized carbons (Fsp3) is 0.348. The summed E-state index contributed by atoms with van der Waals surface area (Å²) >= 11 is 0. The van der Waals surface area contributed by atoms with Crippen LogP contribution in [0.2, 0.25) is 0 Å². The molecule has 1 aliphatic heterocycles. The van der Waals surface area contributed by atoms with Crippen LogP contribution in [0.3, 0.4) is 0 Å². The van der Waals surface area contributed by atoms with Gasteiger partial charge in [0.05, 0.1) is 19.6 Å². The SMILES string of the molecule is CCOc1ccc(OCC(=O)N2CC(c3nc(Cc4ccccc4OC)no3)C2)cc1. The van der Waals surface area contributed by atoms with Crippen molar-refractivity contribution in [3.63, 3.8) is 0 Å². The van der Waals surface area contributed by atoms with Gasteiger partial charge in [0.2, 0.25) is 5.89 Å². The number of para-hydroxylation sites is 1. The van der Waals surface area contributed by atoms with Crippen molar-refractivity contribution in [2.75, 3.05) is 33.4 Å². The number of rotatable bonds is 9. The molecule has 2 aromatic carbocycles. The molecule has 0 saturated carbocycles. The topological polar surface area (TPSA) is 86.9 Å². The number of nitrogens with zero attached hydrogens (tertiary/aromatic N) is 3. The highest BCUT2D eigenvalue weighted by atomic mass is 16.5. The van der Waals surface area contributed by atoms with E-state index in [0.29, 0.717) is 43.6 Å². The van der Waals surface area contributed by atoms with Gasteiger partial charge in [-0.2, -0.15) is 4.98 Å². The molecule has 3 aromatic rings. The second-order valence-electron chi connectivity index (χ2n) is 7.23. The number of aromatic nitrogens is 2. The summed E-state index contributed by atoms with van der Waals surface area (Å²) in [4.78, 5) is 18.6. The number of carbonyl (C=O) groups excluding carboxylic acids is 1. The van der Waals surface area contributed by atoms with E-state index in [2.05, 4.69) is 10.1 Å². The van der Waals surface area contributed by atoms with Crippen molar-refractivity contribution in [2.45, 2.75) is 19.3 Å². The van der Waals surface area contributed by atoms with Crippen molar-refractivity contribution in [2.24, 2.45) is 0 Å². The van der Waals surface area contributed by atoms with E-state index in [1.165, 1.54) is 0 Å². The second kappa shape index (κ2) is 9.51. The molecule has 1 fully saturated rings. The van der Waals surface area contributed by atoms with Gasteiger partial charge in [-0.05, 0) is 37.3 Å². The summed E-state index contributed by atoms with van der Waals surface area (Å²) in [7, 11) is 1.64. The van der Waals surface area contributed by atoms with E-state index in [9.17, 15) is 4.79 Å². The number of hydrogen-bond acceptors (Lipinski definition) is 7. The van der Waals surface area contributed by atoms with Crippen LogP contribution in [0, 0.1) is 0 Å². The Morgan fingerprint density at radius 2 is 1.81 bits per heavy atom. The van der Waals surface area contributed by atoms with Crippen LogP contribution in [-0.4, -0.2) is 54.4 Å². The molecule has 0 radical (unpaired) electrons. The summed E-state index contributed by atoms with van der Waals surface area (Å²) in [6.45, 7) is 3.61. The predicted molar refractivity (Wildman–Crippen MR) is 113 cm³/mol. The van der Waals surface area contributed by atoms with E-state index in [-0.39, 0.29) is 18.4 Å². The van der Waals surface area contributed by atoms with Crippen LogP contribution in [-0.2, 0) is 11.2 Å². The first-order valence-electron chi connectivity index (χ1n) is 10.2. The first kappa shape index (κ1) is 20.7. The van der Waals surface area contributed by atoms with Crippen molar-refractivity contribution in [3.8, 4) is 17.2 Å². The molecule has 0 spiro atoms. The molecule has 0 bridgehead atoms. The molecule has 0 aliphatic carbocycles. The first-order valence-corrected chi connectivity index (χ1v) is 10.2. The van der Waals surface area contributed by atoms with Gasteiger partial charge < -0.3 is 23.6 Å². The van der Waals surface area contributed by atoms with Gasteiger partial charge >= 0.3 is 0 Å². The molecule has 31 heavy (non-hydrogen) atoms. The predicted octanol–water partition coefficient (Wildman–Crippen LogP) is 3.07. The zero-order valence-corrected chi connectivity index (χ0v) is 17.6. The lowest BCUT2D eigenvalue weighted by molar-refractivity contribution is -0.138. The summed E-state index contributed by atoms with van der Waals surface area (Å²) in [6.07, 6.45) is 0.527. The van der Waals surface area contributed by atoms with Gasteiger partial charge in [-0.15, -0.1) is 0 Å². The maximum Gasteiger partial charge on any atom is 0.260 e. The van der Waals surface area contributed by atoms with Crippen LogP contribution in [0.1, 0.15) is 30.1 Å². The average molecular weight is 423 g/mol. The number of ether oxygens (including phenoxy) is 3. The van der Waals surface area contributed by atoms with Crippen LogP contribution >= 0.6 is 0 Å². The van der Waals surface area contributed by atoms with Gasteiger partial charge in [0.1, 0.15) is 17.2 Å². The zero-order valence-electron chi connectivity index (χ0n) is 17.6. The molecule has 0 N–H and O–H groups in total. The van der Waals surface area contributed by atoms with Crippen LogP contribution in [0.5, 0.6) is 17.2 Å². The van der Waals surface area contributed by atoms with Gasteiger partial charge in [0.15, 0.2) is 12.4 Å². The molecular weight excluding hydrogens is 398 g/mol. The third kappa shape index (κ3) is 4.96. The smallest absolute Gasteiger partial charge is 0.260 e. The van der Waals surface area contributed by atoms with Gasteiger partial charge in [-0.3, -0.25) is 4.79 Å². The molecule has 1 aromatic heterocycles. The molecule has 4 rings (SSSR count). The third-order valence-corrected chi connectivity index (χ3v) is 5.11. The van der Waals surface area contributed by atoms with Crippen LogP contribution in [0.25, 0.3) is 0 Å². The first-order chi connectivity index (χ1) is 15.2. The number of benzene rings is 2. The maximum absolute atomic E-state index is 12.4. The lowest BCUT2D eigenvalue weighted by Crippen LogP contribution is -2.50. The Kier molecular flexibility index (Phi) is 6.35. The lowest BCUT2D eigenvalue weighted by atomic mass is 10.0. The van der Waals surface area contributed by atoms with Crippen LogP contribution < -0.4 is 14.2 Å². The molecule has 162 valence electrons. The zero-order chi connectivity index (χ0) is 21.6. The molecule has 1 amide bonds. The van der Waals surface area contributed by atoms with Crippen LogP contribution in [0.4, 0.5) is 0 Å². The minimum Gasteiger partial charge on any atom is -0.496 e. The van der Waals surface area contributed by atoms with Crippen molar-refractivity contribution < 1.29 is 23.5 Å². The number of likely N-dealkylation sites (tertiary alicyclic amines) is 1. The monoisotopic (exact) mass is 423 g/mol. The van der Waals surface area contributed by atoms with Crippen molar-refractivity contribution in [3.05, 3.63) is 65.8 Å². The summed E-state index contributed by atoms with van der Waals surface area (Å²) < 4.78 is 21.8. The molecule has 1 saturated heterocycles. The highest BCUT2D eigenvalue weighted by Gasteiger charge is 2.35. The normalized spacial score (nSPS) is 13.5. The minimum atomic E-state index is -0.0705. The Hall–Kier alpha value is -3.55. The minimum absolute atomic E-state index is 0.0103. The molecule has 8 nitrogen and oxygen atoms in total. The van der Waals surface area contributed by atoms with E-state index in [1.807, 2.05) is 43.3 Å². The largest absolute Gasteiger partial charge is 0.496 e. The third-order valence-electron chi connectivity index (χ3n) is 5.11. The summed E-state index contributed by atoms with van der Waals surface area (Å²) in [5, 5.41) is 4.08. The lowest BCUT2D eigenvalue weighted by Gasteiger charge is -2.36. The van der Waals surface area contributed by atoms with Gasteiger partial charge in [0.25, 0.3) is 5.91 Å². The fourth-order valence-electron chi connectivity index (χ4n) is 3.40.